The van der Waals surface area contributed by atoms with E-state index in [9.17, 15) is 9.59 Å². The Bertz CT molecular complexity index is 432. The number of nitrogens with zero attached hydrogens (tertiary/aromatic N) is 1. The highest BCUT2D eigenvalue weighted by Gasteiger charge is 2.41. The number of rotatable bonds is 2. The molecule has 22 heavy (non-hydrogen) atoms. The summed E-state index contributed by atoms with van der Waals surface area (Å²) in [5.74, 6) is -0.812. The predicted molar refractivity (Wildman–Crippen MR) is 80.5 cm³/mol. The topological polar surface area (TPSA) is 78.9 Å². The van der Waals surface area contributed by atoms with Gasteiger partial charge in [0.15, 0.2) is 0 Å². The predicted octanol–water partition coefficient (Wildman–Crippen LogP) is 1.14. The number of aliphatic carboxylic acids is 1. The van der Waals surface area contributed by atoms with E-state index in [2.05, 4.69) is 5.32 Å². The molecular formula is C16H26N2O4. The number of carboxylic acid groups (broad SMARTS) is 1. The van der Waals surface area contributed by atoms with E-state index in [1.54, 1.807) is 0 Å². The molecule has 6 heteroatoms. The van der Waals surface area contributed by atoms with Gasteiger partial charge in [-0.1, -0.05) is 25.7 Å². The molecule has 124 valence electrons. The lowest BCUT2D eigenvalue weighted by atomic mass is 9.92. The third-order valence-corrected chi connectivity index (χ3v) is 5.32. The van der Waals surface area contributed by atoms with Crippen LogP contribution >= 0.6 is 0 Å². The number of morpholine rings is 1. The van der Waals surface area contributed by atoms with Crippen molar-refractivity contribution >= 4 is 11.9 Å². The van der Waals surface area contributed by atoms with Crippen molar-refractivity contribution in [2.24, 2.45) is 0 Å². The SMILES string of the molecule is O=C(O)[C@@H]1CC[C@H](C(=O)N2CCOC3(CCCCCC3)C2)N1. The van der Waals surface area contributed by atoms with Gasteiger partial charge in [0.25, 0.3) is 0 Å². The normalized spacial score (nSPS) is 31.9. The zero-order valence-electron chi connectivity index (χ0n) is 13.1. The minimum Gasteiger partial charge on any atom is -0.480 e. The van der Waals surface area contributed by atoms with E-state index in [-0.39, 0.29) is 17.6 Å². The number of carboxylic acids is 1. The van der Waals surface area contributed by atoms with Crippen LogP contribution in [0.25, 0.3) is 0 Å². The second kappa shape index (κ2) is 6.54. The Hall–Kier alpha value is -1.14. The number of ether oxygens (including phenoxy) is 1. The molecule has 2 aliphatic heterocycles. The summed E-state index contributed by atoms with van der Waals surface area (Å²) in [6.07, 6.45) is 8.06. The highest BCUT2D eigenvalue weighted by Crippen LogP contribution is 2.33. The first-order valence-corrected chi connectivity index (χ1v) is 8.51. The molecule has 0 aromatic carbocycles. The molecule has 3 aliphatic rings. The van der Waals surface area contributed by atoms with Crippen molar-refractivity contribution < 1.29 is 19.4 Å². The van der Waals surface area contributed by atoms with Gasteiger partial charge in [0.05, 0.1) is 18.2 Å². The van der Waals surface area contributed by atoms with Crippen molar-refractivity contribution in [2.75, 3.05) is 19.7 Å². The molecule has 0 aromatic heterocycles. The van der Waals surface area contributed by atoms with Crippen LogP contribution < -0.4 is 5.32 Å². The van der Waals surface area contributed by atoms with Crippen LogP contribution in [-0.2, 0) is 14.3 Å². The van der Waals surface area contributed by atoms with E-state index >= 15 is 0 Å². The maximum atomic E-state index is 12.7. The molecule has 1 saturated carbocycles. The first kappa shape index (κ1) is 15.7. The van der Waals surface area contributed by atoms with Crippen molar-refractivity contribution in [1.82, 2.24) is 10.2 Å². The van der Waals surface area contributed by atoms with Crippen LogP contribution in [0.4, 0.5) is 0 Å². The molecule has 2 saturated heterocycles. The first-order valence-electron chi connectivity index (χ1n) is 8.51. The van der Waals surface area contributed by atoms with Crippen molar-refractivity contribution in [2.45, 2.75) is 69.1 Å². The molecule has 1 spiro atoms. The highest BCUT2D eigenvalue weighted by atomic mass is 16.5. The van der Waals surface area contributed by atoms with Gasteiger partial charge in [-0.15, -0.1) is 0 Å². The third kappa shape index (κ3) is 3.27. The van der Waals surface area contributed by atoms with Gasteiger partial charge in [-0.05, 0) is 25.7 Å². The summed E-state index contributed by atoms with van der Waals surface area (Å²) >= 11 is 0. The standard InChI is InChI=1S/C16H26N2O4/c19-14(12-5-6-13(17-12)15(20)21)18-9-10-22-16(11-18)7-3-1-2-4-8-16/h12-13,17H,1-11H2,(H,20,21)/t12-,13+/m1/s1. The zero-order valence-corrected chi connectivity index (χ0v) is 13.1. The molecule has 3 rings (SSSR count). The van der Waals surface area contributed by atoms with Crippen molar-refractivity contribution in [1.29, 1.82) is 0 Å². The number of carbonyl (C=O) groups excluding carboxylic acids is 1. The van der Waals surface area contributed by atoms with Crippen molar-refractivity contribution in [3.63, 3.8) is 0 Å². The maximum absolute atomic E-state index is 12.7. The van der Waals surface area contributed by atoms with Gasteiger partial charge in [-0.2, -0.15) is 0 Å². The maximum Gasteiger partial charge on any atom is 0.320 e. The van der Waals surface area contributed by atoms with Crippen LogP contribution in [0.15, 0.2) is 0 Å². The summed E-state index contributed by atoms with van der Waals surface area (Å²) in [5, 5.41) is 12.0. The van der Waals surface area contributed by atoms with Crippen molar-refractivity contribution in [3.05, 3.63) is 0 Å². The fourth-order valence-electron chi connectivity index (χ4n) is 4.06. The zero-order chi connectivity index (χ0) is 15.6. The molecule has 0 bridgehead atoms. The van der Waals surface area contributed by atoms with Crippen LogP contribution in [0.5, 0.6) is 0 Å². The van der Waals surface area contributed by atoms with Crippen LogP contribution in [-0.4, -0.2) is 59.3 Å². The molecule has 1 aliphatic carbocycles. The quantitative estimate of drug-likeness (QED) is 0.800. The number of carbonyl (C=O) groups is 2. The molecule has 0 aromatic rings. The Morgan fingerprint density at radius 1 is 1.09 bits per heavy atom. The molecular weight excluding hydrogens is 284 g/mol. The Morgan fingerprint density at radius 2 is 1.77 bits per heavy atom. The van der Waals surface area contributed by atoms with Gasteiger partial charge < -0.3 is 14.7 Å². The first-order chi connectivity index (χ1) is 10.6. The highest BCUT2D eigenvalue weighted by molar-refractivity contribution is 5.84. The third-order valence-electron chi connectivity index (χ3n) is 5.32. The fraction of sp³-hybridized carbons (Fsp3) is 0.875. The Labute approximate surface area is 131 Å². The average Bonchev–Trinajstić information content (AvgIpc) is 2.91. The van der Waals surface area contributed by atoms with Crippen LogP contribution in [0, 0.1) is 0 Å². The molecule has 2 atom stereocenters. The number of hydrogen-bond donors (Lipinski definition) is 2. The van der Waals surface area contributed by atoms with Crippen molar-refractivity contribution in [3.8, 4) is 0 Å². The van der Waals surface area contributed by atoms with Gasteiger partial charge in [0.1, 0.15) is 6.04 Å². The molecule has 2 N–H and O–H groups in total. The second-order valence-electron chi connectivity index (χ2n) is 6.89. The molecule has 1 amide bonds. The smallest absolute Gasteiger partial charge is 0.320 e. The van der Waals surface area contributed by atoms with E-state index in [4.69, 9.17) is 9.84 Å². The summed E-state index contributed by atoms with van der Waals surface area (Å²) < 4.78 is 6.08. The van der Waals surface area contributed by atoms with Gasteiger partial charge in [0, 0.05) is 13.1 Å². The van der Waals surface area contributed by atoms with Gasteiger partial charge in [0.2, 0.25) is 5.91 Å². The molecule has 2 heterocycles. The van der Waals surface area contributed by atoms with E-state index in [1.807, 2.05) is 4.90 Å². The summed E-state index contributed by atoms with van der Waals surface area (Å²) in [5.41, 5.74) is -0.158. The minimum atomic E-state index is -0.863. The van der Waals surface area contributed by atoms with E-state index in [1.165, 1.54) is 25.7 Å². The Balaban J connectivity index is 1.62. The largest absolute Gasteiger partial charge is 0.480 e. The molecule has 3 fully saturated rings. The number of nitrogens with one attached hydrogen (secondary N) is 1. The Kier molecular flexibility index (Phi) is 4.68. The minimum absolute atomic E-state index is 0.0515. The monoisotopic (exact) mass is 310 g/mol. The number of amides is 1. The lowest BCUT2D eigenvalue weighted by Crippen LogP contribution is -2.57. The Morgan fingerprint density at radius 3 is 2.41 bits per heavy atom. The van der Waals surface area contributed by atoms with E-state index < -0.39 is 12.0 Å². The summed E-state index contributed by atoms with van der Waals surface area (Å²) in [4.78, 5) is 25.6. The molecule has 0 unspecified atom stereocenters. The van der Waals surface area contributed by atoms with Gasteiger partial charge in [-0.25, -0.2) is 0 Å². The fourth-order valence-corrected chi connectivity index (χ4v) is 4.06. The summed E-state index contributed by atoms with van der Waals surface area (Å²) in [6.45, 7) is 1.89. The van der Waals surface area contributed by atoms with Crippen LogP contribution in [0.2, 0.25) is 0 Å². The lowest BCUT2D eigenvalue weighted by molar-refractivity contribution is -0.154. The second-order valence-corrected chi connectivity index (χ2v) is 6.89. The lowest BCUT2D eigenvalue weighted by Gasteiger charge is -2.43. The van der Waals surface area contributed by atoms with Gasteiger partial charge in [-0.3, -0.25) is 14.9 Å². The van der Waals surface area contributed by atoms with Crippen LogP contribution in [0.1, 0.15) is 51.4 Å². The summed E-state index contributed by atoms with van der Waals surface area (Å²) in [6, 6.07) is -0.927. The van der Waals surface area contributed by atoms with Gasteiger partial charge >= 0.3 is 5.97 Å². The number of hydrogen-bond acceptors (Lipinski definition) is 4. The summed E-state index contributed by atoms with van der Waals surface area (Å²) in [7, 11) is 0. The average molecular weight is 310 g/mol. The van der Waals surface area contributed by atoms with Crippen LogP contribution in [0.3, 0.4) is 0 Å². The van der Waals surface area contributed by atoms with E-state index in [0.29, 0.717) is 32.5 Å². The molecule has 6 nitrogen and oxygen atoms in total. The van der Waals surface area contributed by atoms with E-state index in [0.717, 1.165) is 12.8 Å². The molecule has 0 radical (unpaired) electrons.